The molecule has 0 aromatic carbocycles. The minimum absolute atomic E-state index is 0. The smallest absolute Gasteiger partial charge is 0.0886 e. The third kappa shape index (κ3) is 1.66. The summed E-state index contributed by atoms with van der Waals surface area (Å²) >= 11 is 0. The molecular formula is C8H6AgN2. The minimum Gasteiger partial charge on any atom is -0.255 e. The van der Waals surface area contributed by atoms with Gasteiger partial charge in [-0.2, -0.15) is 0 Å². The van der Waals surface area contributed by atoms with E-state index in [1.54, 1.807) is 12.4 Å². The minimum atomic E-state index is 0. The molecule has 0 fully saturated rings. The van der Waals surface area contributed by atoms with E-state index in [4.69, 9.17) is 0 Å². The molecule has 0 aliphatic heterocycles. The number of aromatic nitrogens is 2. The molecule has 3 heteroatoms. The zero-order valence-electron chi connectivity index (χ0n) is 5.66. The summed E-state index contributed by atoms with van der Waals surface area (Å²) in [5, 5.41) is 0. The van der Waals surface area contributed by atoms with Crippen LogP contribution in [0.5, 0.6) is 0 Å². The Labute approximate surface area is 80.2 Å². The molecule has 0 spiro atoms. The van der Waals surface area contributed by atoms with Crippen molar-refractivity contribution < 1.29 is 22.4 Å². The van der Waals surface area contributed by atoms with Gasteiger partial charge in [0.05, 0.1) is 11.0 Å². The van der Waals surface area contributed by atoms with Gasteiger partial charge < -0.3 is 0 Å². The van der Waals surface area contributed by atoms with Crippen molar-refractivity contribution in [1.29, 1.82) is 0 Å². The van der Waals surface area contributed by atoms with Crippen LogP contribution in [0, 0.1) is 0 Å². The quantitative estimate of drug-likeness (QED) is 0.652. The van der Waals surface area contributed by atoms with E-state index in [0.29, 0.717) is 0 Å². The Kier molecular flexibility index (Phi) is 2.77. The first-order valence-corrected chi connectivity index (χ1v) is 3.12. The van der Waals surface area contributed by atoms with Crippen LogP contribution in [0.2, 0.25) is 0 Å². The molecule has 2 nitrogen and oxygen atoms in total. The van der Waals surface area contributed by atoms with Gasteiger partial charge in [-0.25, -0.2) is 0 Å². The van der Waals surface area contributed by atoms with Crippen LogP contribution in [0.3, 0.4) is 0 Å². The summed E-state index contributed by atoms with van der Waals surface area (Å²) in [4.78, 5) is 8.24. The predicted molar refractivity (Wildman–Crippen MR) is 39.5 cm³/mol. The first-order valence-electron chi connectivity index (χ1n) is 3.12. The molecule has 59 valence electrons. The number of pyridine rings is 2. The molecule has 2 aromatic heterocycles. The van der Waals surface area contributed by atoms with Crippen LogP contribution in [0.25, 0.3) is 11.0 Å². The van der Waals surface area contributed by atoms with Crippen molar-refractivity contribution in [2.24, 2.45) is 0 Å². The monoisotopic (exact) mass is 237 g/mol. The molecular weight excluding hydrogens is 232 g/mol. The van der Waals surface area contributed by atoms with Gasteiger partial charge in [-0.1, -0.05) is 0 Å². The van der Waals surface area contributed by atoms with Crippen LogP contribution in [-0.2, 0) is 22.4 Å². The Morgan fingerprint density at radius 2 is 1.27 bits per heavy atom. The summed E-state index contributed by atoms with van der Waals surface area (Å²) in [5.41, 5.74) is 1.90. The zero-order valence-corrected chi connectivity index (χ0v) is 7.14. The number of fused-ring (bicyclic) bond motifs is 1. The topological polar surface area (TPSA) is 25.8 Å². The first kappa shape index (κ1) is 8.40. The number of nitrogens with zero attached hydrogens (tertiary/aromatic N) is 2. The van der Waals surface area contributed by atoms with Crippen molar-refractivity contribution in [3.63, 3.8) is 0 Å². The molecule has 0 amide bonds. The van der Waals surface area contributed by atoms with Gasteiger partial charge in [-0.15, -0.1) is 0 Å². The molecule has 0 saturated carbocycles. The van der Waals surface area contributed by atoms with Gasteiger partial charge in [-0.3, -0.25) is 9.97 Å². The van der Waals surface area contributed by atoms with Crippen LogP contribution in [0.1, 0.15) is 0 Å². The van der Waals surface area contributed by atoms with Gasteiger partial charge >= 0.3 is 0 Å². The Morgan fingerprint density at radius 3 is 1.73 bits per heavy atom. The van der Waals surface area contributed by atoms with E-state index >= 15 is 0 Å². The van der Waals surface area contributed by atoms with Crippen LogP contribution >= 0.6 is 0 Å². The van der Waals surface area contributed by atoms with Crippen molar-refractivity contribution in [1.82, 2.24) is 9.97 Å². The molecule has 2 aromatic rings. The van der Waals surface area contributed by atoms with Gasteiger partial charge in [0.25, 0.3) is 0 Å². The fraction of sp³-hybridized carbons (Fsp3) is 0. The summed E-state index contributed by atoms with van der Waals surface area (Å²) in [5.74, 6) is 0. The largest absolute Gasteiger partial charge is 0.255 e. The molecule has 0 N–H and O–H groups in total. The third-order valence-electron chi connectivity index (χ3n) is 1.37. The molecule has 0 atom stereocenters. The van der Waals surface area contributed by atoms with E-state index < -0.39 is 0 Å². The number of hydrogen-bond donors (Lipinski definition) is 0. The standard InChI is InChI=1S/C8H6N2.Ag/c1-3-7-8(9-5-1)4-2-6-10-7;/h1-6H;. The Hall–Kier alpha value is -0.700. The third-order valence-corrected chi connectivity index (χ3v) is 1.37. The van der Waals surface area contributed by atoms with Crippen LogP contribution in [-0.4, -0.2) is 9.97 Å². The van der Waals surface area contributed by atoms with Crippen LogP contribution in [0.4, 0.5) is 0 Å². The first-order chi connectivity index (χ1) is 4.97. The Balaban J connectivity index is 0.000000605. The predicted octanol–water partition coefficient (Wildman–Crippen LogP) is 1.63. The van der Waals surface area contributed by atoms with Crippen molar-refractivity contribution in [2.45, 2.75) is 0 Å². The van der Waals surface area contributed by atoms with E-state index in [2.05, 4.69) is 9.97 Å². The number of rotatable bonds is 0. The van der Waals surface area contributed by atoms with Gasteiger partial charge in [0.2, 0.25) is 0 Å². The van der Waals surface area contributed by atoms with Crippen molar-refractivity contribution in [2.75, 3.05) is 0 Å². The van der Waals surface area contributed by atoms with Gasteiger partial charge in [0, 0.05) is 34.8 Å². The average Bonchev–Trinajstić information content (AvgIpc) is 2.05. The molecule has 0 saturated heterocycles. The maximum Gasteiger partial charge on any atom is 0.0886 e. The fourth-order valence-corrected chi connectivity index (χ4v) is 0.904. The molecule has 0 aliphatic carbocycles. The normalized spacial score (nSPS) is 9.09. The molecule has 1 radical (unpaired) electrons. The summed E-state index contributed by atoms with van der Waals surface area (Å²) in [6.45, 7) is 0. The molecule has 2 rings (SSSR count). The Morgan fingerprint density at radius 1 is 0.818 bits per heavy atom. The molecule has 2 heterocycles. The second-order valence-electron chi connectivity index (χ2n) is 2.05. The average molecular weight is 238 g/mol. The van der Waals surface area contributed by atoms with Crippen LogP contribution in [0.15, 0.2) is 36.7 Å². The van der Waals surface area contributed by atoms with Crippen LogP contribution < -0.4 is 0 Å². The number of hydrogen-bond acceptors (Lipinski definition) is 2. The van der Waals surface area contributed by atoms with Crippen molar-refractivity contribution in [3.8, 4) is 0 Å². The SMILES string of the molecule is [Ag].c1cnc2cccnc2c1. The van der Waals surface area contributed by atoms with Crippen molar-refractivity contribution >= 4 is 11.0 Å². The van der Waals surface area contributed by atoms with Crippen molar-refractivity contribution in [3.05, 3.63) is 36.7 Å². The second-order valence-corrected chi connectivity index (χ2v) is 2.05. The zero-order chi connectivity index (χ0) is 6.81. The Bertz CT molecular complexity index is 283. The molecule has 0 aliphatic rings. The summed E-state index contributed by atoms with van der Waals surface area (Å²) in [6.07, 6.45) is 3.54. The summed E-state index contributed by atoms with van der Waals surface area (Å²) in [7, 11) is 0. The molecule has 11 heavy (non-hydrogen) atoms. The second kappa shape index (κ2) is 3.62. The van der Waals surface area contributed by atoms with Gasteiger partial charge in [0.15, 0.2) is 0 Å². The van der Waals surface area contributed by atoms with E-state index in [1.807, 2.05) is 24.3 Å². The summed E-state index contributed by atoms with van der Waals surface area (Å²) < 4.78 is 0. The van der Waals surface area contributed by atoms with E-state index in [0.717, 1.165) is 11.0 Å². The maximum atomic E-state index is 4.12. The fourth-order valence-electron chi connectivity index (χ4n) is 0.904. The molecule has 0 bridgehead atoms. The van der Waals surface area contributed by atoms with E-state index in [1.165, 1.54) is 0 Å². The van der Waals surface area contributed by atoms with Gasteiger partial charge in [-0.05, 0) is 24.3 Å². The van der Waals surface area contributed by atoms with Gasteiger partial charge in [0.1, 0.15) is 0 Å². The van der Waals surface area contributed by atoms with E-state index in [-0.39, 0.29) is 22.4 Å². The summed E-state index contributed by atoms with van der Waals surface area (Å²) in [6, 6.07) is 7.66. The maximum absolute atomic E-state index is 4.12. The molecule has 0 unspecified atom stereocenters. The van der Waals surface area contributed by atoms with E-state index in [9.17, 15) is 0 Å².